The first-order valence-corrected chi connectivity index (χ1v) is 7.08. The summed E-state index contributed by atoms with van der Waals surface area (Å²) in [5.41, 5.74) is 7.37. The second-order valence-corrected chi connectivity index (χ2v) is 6.22. The Morgan fingerprint density at radius 3 is 2.56 bits per heavy atom. The second-order valence-electron chi connectivity index (χ2n) is 4.42. The van der Waals surface area contributed by atoms with Gasteiger partial charge in [0, 0.05) is 24.0 Å². The predicted octanol–water partition coefficient (Wildman–Crippen LogP) is 3.53. The van der Waals surface area contributed by atoms with Gasteiger partial charge < -0.3 is 5.73 Å². The van der Waals surface area contributed by atoms with Crippen LogP contribution in [0.1, 0.15) is 16.5 Å². The molecule has 2 N–H and O–H groups in total. The summed E-state index contributed by atoms with van der Waals surface area (Å²) in [4.78, 5) is 3.49. The van der Waals surface area contributed by atoms with E-state index in [1.54, 1.807) is 11.3 Å². The van der Waals surface area contributed by atoms with Gasteiger partial charge in [-0.05, 0) is 24.7 Å². The van der Waals surface area contributed by atoms with Crippen LogP contribution in [-0.4, -0.2) is 18.5 Å². The van der Waals surface area contributed by atoms with E-state index in [0.717, 1.165) is 17.4 Å². The molecule has 0 radical (unpaired) electrons. The van der Waals surface area contributed by atoms with E-state index in [-0.39, 0.29) is 6.04 Å². The smallest absolute Gasteiger partial charge is 0.0931 e. The molecule has 1 aromatic carbocycles. The Bertz CT molecular complexity index is 484. The van der Waals surface area contributed by atoms with E-state index in [0.29, 0.717) is 0 Å². The highest BCUT2D eigenvalue weighted by atomic mass is 35.5. The van der Waals surface area contributed by atoms with Crippen molar-refractivity contribution in [3.8, 4) is 0 Å². The highest BCUT2D eigenvalue weighted by molar-refractivity contribution is 7.16. The molecule has 0 amide bonds. The van der Waals surface area contributed by atoms with Gasteiger partial charge in [0.25, 0.3) is 0 Å². The Balaban J connectivity index is 1.89. The van der Waals surface area contributed by atoms with Gasteiger partial charge in [-0.25, -0.2) is 0 Å². The van der Waals surface area contributed by atoms with Crippen LogP contribution in [0.5, 0.6) is 0 Å². The quantitative estimate of drug-likeness (QED) is 0.908. The third kappa shape index (κ3) is 3.82. The summed E-state index contributed by atoms with van der Waals surface area (Å²) in [6.07, 6.45) is 0. The molecule has 18 heavy (non-hydrogen) atoms. The molecular weight excluding hydrogens is 264 g/mol. The molecule has 2 nitrogen and oxygen atoms in total. The van der Waals surface area contributed by atoms with E-state index < -0.39 is 0 Å². The van der Waals surface area contributed by atoms with Crippen molar-refractivity contribution in [2.24, 2.45) is 5.73 Å². The van der Waals surface area contributed by atoms with Gasteiger partial charge in [-0.15, -0.1) is 11.3 Å². The lowest BCUT2D eigenvalue weighted by atomic mass is 10.1. The fourth-order valence-corrected chi connectivity index (χ4v) is 3.08. The number of hydrogen-bond donors (Lipinski definition) is 1. The zero-order valence-electron chi connectivity index (χ0n) is 10.3. The topological polar surface area (TPSA) is 29.3 Å². The summed E-state index contributed by atoms with van der Waals surface area (Å²) in [6, 6.07) is 14.2. The van der Waals surface area contributed by atoms with Gasteiger partial charge in [0.2, 0.25) is 0 Å². The number of likely N-dealkylation sites (N-methyl/N-ethyl adjacent to an activating group) is 1. The van der Waals surface area contributed by atoms with Crippen LogP contribution < -0.4 is 5.73 Å². The van der Waals surface area contributed by atoms with Crippen molar-refractivity contribution >= 4 is 22.9 Å². The van der Waals surface area contributed by atoms with Crippen molar-refractivity contribution in [2.75, 3.05) is 13.6 Å². The number of hydrogen-bond acceptors (Lipinski definition) is 3. The third-order valence-electron chi connectivity index (χ3n) is 2.79. The normalized spacial score (nSPS) is 12.9. The summed E-state index contributed by atoms with van der Waals surface area (Å²) >= 11 is 7.54. The van der Waals surface area contributed by atoms with Crippen molar-refractivity contribution in [1.82, 2.24) is 4.90 Å². The van der Waals surface area contributed by atoms with E-state index in [1.807, 2.05) is 24.3 Å². The van der Waals surface area contributed by atoms with Crippen LogP contribution in [0.4, 0.5) is 0 Å². The molecule has 0 bridgehead atoms. The van der Waals surface area contributed by atoms with Crippen LogP contribution in [0, 0.1) is 0 Å². The van der Waals surface area contributed by atoms with Crippen molar-refractivity contribution in [3.63, 3.8) is 0 Å². The molecule has 0 saturated heterocycles. The van der Waals surface area contributed by atoms with E-state index in [1.165, 1.54) is 10.4 Å². The van der Waals surface area contributed by atoms with Crippen molar-refractivity contribution in [1.29, 1.82) is 0 Å². The number of thiophene rings is 1. The zero-order chi connectivity index (χ0) is 13.0. The second kappa shape index (κ2) is 6.34. The molecule has 0 spiro atoms. The number of rotatable bonds is 5. The Morgan fingerprint density at radius 2 is 1.94 bits per heavy atom. The molecule has 0 fully saturated rings. The number of nitrogens with two attached hydrogens (primary N) is 1. The van der Waals surface area contributed by atoms with Gasteiger partial charge in [0.1, 0.15) is 0 Å². The summed E-state index contributed by atoms with van der Waals surface area (Å²) in [6.45, 7) is 1.72. The van der Waals surface area contributed by atoms with Gasteiger partial charge >= 0.3 is 0 Å². The maximum absolute atomic E-state index is 6.19. The molecule has 0 saturated carbocycles. The zero-order valence-corrected chi connectivity index (χ0v) is 11.9. The molecule has 1 aromatic heterocycles. The minimum absolute atomic E-state index is 0.0478. The van der Waals surface area contributed by atoms with Crippen LogP contribution in [0.2, 0.25) is 4.34 Å². The van der Waals surface area contributed by atoms with Crippen LogP contribution in [0.15, 0.2) is 42.5 Å². The summed E-state index contributed by atoms with van der Waals surface area (Å²) < 4.78 is 0.839. The third-order valence-corrected chi connectivity index (χ3v) is 4.01. The monoisotopic (exact) mass is 280 g/mol. The van der Waals surface area contributed by atoms with Gasteiger partial charge in [0.15, 0.2) is 0 Å². The van der Waals surface area contributed by atoms with Gasteiger partial charge in [-0.1, -0.05) is 41.9 Å². The molecule has 2 aromatic rings. The Kier molecular flexibility index (Phi) is 4.78. The van der Waals surface area contributed by atoms with Crippen LogP contribution >= 0.6 is 22.9 Å². The van der Waals surface area contributed by atoms with E-state index in [9.17, 15) is 0 Å². The van der Waals surface area contributed by atoms with Crippen molar-refractivity contribution < 1.29 is 0 Å². The standard InChI is InChI=1S/C14H17ClN2S/c1-17(9-12-7-8-14(15)18-12)10-13(16)11-5-3-2-4-6-11/h2-8,13H,9-10,16H2,1H3/t13-/m0/s1. The molecule has 2 rings (SSSR count). The molecule has 4 heteroatoms. The largest absolute Gasteiger partial charge is 0.323 e. The summed E-state index contributed by atoms with van der Waals surface area (Å²) in [7, 11) is 2.08. The van der Waals surface area contributed by atoms with Crippen LogP contribution in [0.3, 0.4) is 0 Å². The Morgan fingerprint density at radius 1 is 1.22 bits per heavy atom. The molecule has 1 atom stereocenters. The Hall–Kier alpha value is -0.870. The molecule has 0 aliphatic rings. The lowest BCUT2D eigenvalue weighted by Gasteiger charge is -2.20. The van der Waals surface area contributed by atoms with Gasteiger partial charge in [-0.2, -0.15) is 0 Å². The minimum atomic E-state index is 0.0478. The maximum Gasteiger partial charge on any atom is 0.0931 e. The molecule has 0 aliphatic carbocycles. The molecular formula is C14H17ClN2S. The van der Waals surface area contributed by atoms with Gasteiger partial charge in [-0.3, -0.25) is 4.90 Å². The lowest BCUT2D eigenvalue weighted by molar-refractivity contribution is 0.308. The van der Waals surface area contributed by atoms with Crippen molar-refractivity contribution in [2.45, 2.75) is 12.6 Å². The average molecular weight is 281 g/mol. The van der Waals surface area contributed by atoms with E-state index in [4.69, 9.17) is 17.3 Å². The number of nitrogens with zero attached hydrogens (tertiary/aromatic N) is 1. The van der Waals surface area contributed by atoms with Gasteiger partial charge in [0.05, 0.1) is 4.34 Å². The summed E-state index contributed by atoms with van der Waals surface area (Å²) in [5.74, 6) is 0. The molecule has 96 valence electrons. The average Bonchev–Trinajstić information content (AvgIpc) is 2.75. The molecule has 0 unspecified atom stereocenters. The first-order chi connectivity index (χ1) is 8.65. The molecule has 0 aliphatic heterocycles. The maximum atomic E-state index is 6.19. The van der Waals surface area contributed by atoms with Crippen LogP contribution in [0.25, 0.3) is 0 Å². The first-order valence-electron chi connectivity index (χ1n) is 5.88. The van der Waals surface area contributed by atoms with Crippen LogP contribution in [-0.2, 0) is 6.54 Å². The Labute approximate surface area is 117 Å². The fraction of sp³-hybridized carbons (Fsp3) is 0.286. The minimum Gasteiger partial charge on any atom is -0.323 e. The number of benzene rings is 1. The van der Waals surface area contributed by atoms with Crippen molar-refractivity contribution in [3.05, 3.63) is 57.2 Å². The lowest BCUT2D eigenvalue weighted by Crippen LogP contribution is -2.28. The SMILES string of the molecule is CN(Cc1ccc(Cl)s1)C[C@H](N)c1ccccc1. The summed E-state index contributed by atoms with van der Waals surface area (Å²) in [5, 5.41) is 0. The highest BCUT2D eigenvalue weighted by Gasteiger charge is 2.10. The number of halogens is 1. The van der Waals surface area contributed by atoms with E-state index >= 15 is 0 Å². The predicted molar refractivity (Wildman–Crippen MR) is 79.0 cm³/mol. The first kappa shape index (κ1) is 13.6. The fourth-order valence-electron chi connectivity index (χ4n) is 1.91. The highest BCUT2D eigenvalue weighted by Crippen LogP contribution is 2.22. The molecule has 1 heterocycles. The van der Waals surface area contributed by atoms with E-state index in [2.05, 4.69) is 30.1 Å².